The molecule has 0 bridgehead atoms. The molecule has 1 aliphatic heterocycles. The molecular weight excluding hydrogens is 260 g/mol. The average Bonchev–Trinajstić information content (AvgIpc) is 2.42. The predicted molar refractivity (Wildman–Crippen MR) is 78.9 cm³/mol. The topological polar surface area (TPSA) is 38.5 Å². The molecular formula is C15H15ClN2O. The number of fused-ring (bicyclic) bond motifs is 1. The van der Waals surface area contributed by atoms with Crippen LogP contribution in [0, 0.1) is 0 Å². The molecule has 0 spiro atoms. The maximum Gasteiger partial charge on any atom is 0.142 e. The van der Waals surface area contributed by atoms with Gasteiger partial charge in [-0.2, -0.15) is 0 Å². The van der Waals surface area contributed by atoms with Gasteiger partial charge in [-0.3, -0.25) is 0 Å². The van der Waals surface area contributed by atoms with Crippen molar-refractivity contribution in [2.45, 2.75) is 6.54 Å². The number of benzene rings is 2. The highest BCUT2D eigenvalue weighted by Crippen LogP contribution is 2.32. The van der Waals surface area contributed by atoms with Crippen LogP contribution in [0.2, 0.25) is 5.02 Å². The highest BCUT2D eigenvalue weighted by molar-refractivity contribution is 6.30. The zero-order valence-corrected chi connectivity index (χ0v) is 11.2. The second-order valence-electron chi connectivity index (χ2n) is 4.58. The van der Waals surface area contributed by atoms with E-state index in [2.05, 4.69) is 11.0 Å². The van der Waals surface area contributed by atoms with Crippen molar-refractivity contribution in [3.05, 3.63) is 53.1 Å². The van der Waals surface area contributed by atoms with Crippen molar-refractivity contribution in [1.82, 2.24) is 0 Å². The summed E-state index contributed by atoms with van der Waals surface area (Å²) in [6.07, 6.45) is 0. The van der Waals surface area contributed by atoms with Crippen molar-refractivity contribution in [1.29, 1.82) is 0 Å². The molecule has 0 aliphatic carbocycles. The maximum absolute atomic E-state index is 6.02. The summed E-state index contributed by atoms with van der Waals surface area (Å²) in [5.74, 6) is 0.932. The standard InChI is InChI=1S/C15H15ClN2O/c16-12-6-5-11(13(17)9-12)10-18-7-8-19-15-4-2-1-3-14(15)18/h1-6,9H,7-8,10,17H2. The molecule has 0 saturated carbocycles. The number of hydrogen-bond donors (Lipinski definition) is 1. The Kier molecular flexibility index (Phi) is 3.22. The zero-order chi connectivity index (χ0) is 13.2. The van der Waals surface area contributed by atoms with Crippen LogP contribution < -0.4 is 15.4 Å². The van der Waals surface area contributed by atoms with Crippen molar-refractivity contribution in [3.8, 4) is 5.75 Å². The SMILES string of the molecule is Nc1cc(Cl)ccc1CN1CCOc2ccccc21. The van der Waals surface area contributed by atoms with Gasteiger partial charge in [0.2, 0.25) is 0 Å². The molecule has 0 radical (unpaired) electrons. The number of nitrogens with two attached hydrogens (primary N) is 1. The van der Waals surface area contributed by atoms with Gasteiger partial charge in [0.15, 0.2) is 0 Å². The van der Waals surface area contributed by atoms with Gasteiger partial charge in [0, 0.05) is 17.3 Å². The molecule has 4 heteroatoms. The van der Waals surface area contributed by atoms with Gasteiger partial charge in [0.1, 0.15) is 12.4 Å². The van der Waals surface area contributed by atoms with Crippen LogP contribution in [0.25, 0.3) is 0 Å². The molecule has 0 aromatic heterocycles. The van der Waals surface area contributed by atoms with E-state index in [9.17, 15) is 0 Å². The van der Waals surface area contributed by atoms with Crippen LogP contribution in [0.5, 0.6) is 5.75 Å². The first kappa shape index (κ1) is 12.2. The normalized spacial score (nSPS) is 13.8. The maximum atomic E-state index is 6.02. The van der Waals surface area contributed by atoms with Gasteiger partial charge in [-0.05, 0) is 29.8 Å². The van der Waals surface area contributed by atoms with E-state index in [1.807, 2.05) is 30.3 Å². The Hall–Kier alpha value is -1.87. The summed E-state index contributed by atoms with van der Waals surface area (Å²) in [7, 11) is 0. The number of nitrogens with zero attached hydrogens (tertiary/aromatic N) is 1. The monoisotopic (exact) mass is 274 g/mol. The van der Waals surface area contributed by atoms with E-state index < -0.39 is 0 Å². The predicted octanol–water partition coefficient (Wildman–Crippen LogP) is 3.32. The summed E-state index contributed by atoms with van der Waals surface area (Å²) in [5.41, 5.74) is 8.95. The Morgan fingerprint density at radius 2 is 2.05 bits per heavy atom. The molecule has 19 heavy (non-hydrogen) atoms. The van der Waals surface area contributed by atoms with Crippen molar-refractivity contribution >= 4 is 23.0 Å². The number of rotatable bonds is 2. The smallest absolute Gasteiger partial charge is 0.142 e. The molecule has 98 valence electrons. The van der Waals surface area contributed by atoms with Crippen LogP contribution in [0.1, 0.15) is 5.56 Å². The molecule has 2 aromatic carbocycles. The lowest BCUT2D eigenvalue weighted by molar-refractivity contribution is 0.307. The second kappa shape index (κ2) is 5.02. The minimum Gasteiger partial charge on any atom is -0.490 e. The van der Waals surface area contributed by atoms with Crippen LogP contribution >= 0.6 is 11.6 Å². The molecule has 0 amide bonds. The van der Waals surface area contributed by atoms with E-state index in [4.69, 9.17) is 22.1 Å². The lowest BCUT2D eigenvalue weighted by atomic mass is 10.1. The molecule has 0 atom stereocenters. The lowest BCUT2D eigenvalue weighted by Gasteiger charge is -2.31. The van der Waals surface area contributed by atoms with Crippen molar-refractivity contribution in [3.63, 3.8) is 0 Å². The van der Waals surface area contributed by atoms with Crippen molar-refractivity contribution in [2.24, 2.45) is 0 Å². The third kappa shape index (κ3) is 2.47. The van der Waals surface area contributed by atoms with Gasteiger partial charge in [-0.25, -0.2) is 0 Å². The quantitative estimate of drug-likeness (QED) is 0.854. The second-order valence-corrected chi connectivity index (χ2v) is 5.02. The summed E-state index contributed by atoms with van der Waals surface area (Å²) in [6, 6.07) is 13.7. The molecule has 2 N–H and O–H groups in total. The fraction of sp³-hybridized carbons (Fsp3) is 0.200. The molecule has 1 heterocycles. The Bertz CT molecular complexity index is 600. The van der Waals surface area contributed by atoms with E-state index in [0.717, 1.165) is 35.8 Å². The largest absolute Gasteiger partial charge is 0.490 e. The molecule has 0 fully saturated rings. The average molecular weight is 275 g/mol. The molecule has 0 saturated heterocycles. The summed E-state index contributed by atoms with van der Waals surface area (Å²) in [6.45, 7) is 2.33. The van der Waals surface area contributed by atoms with Crippen molar-refractivity contribution in [2.75, 3.05) is 23.8 Å². The highest BCUT2D eigenvalue weighted by Gasteiger charge is 2.18. The van der Waals surface area contributed by atoms with Crippen molar-refractivity contribution < 1.29 is 4.74 Å². The van der Waals surface area contributed by atoms with Gasteiger partial charge in [-0.1, -0.05) is 29.8 Å². The minimum absolute atomic E-state index is 0.670. The molecule has 2 aromatic rings. The van der Waals surface area contributed by atoms with E-state index in [1.165, 1.54) is 0 Å². The van der Waals surface area contributed by atoms with Gasteiger partial charge < -0.3 is 15.4 Å². The highest BCUT2D eigenvalue weighted by atomic mass is 35.5. The van der Waals surface area contributed by atoms with E-state index in [0.29, 0.717) is 11.6 Å². The zero-order valence-electron chi connectivity index (χ0n) is 10.5. The first-order valence-corrected chi connectivity index (χ1v) is 6.62. The number of hydrogen-bond acceptors (Lipinski definition) is 3. The molecule has 0 unspecified atom stereocenters. The van der Waals surface area contributed by atoms with E-state index >= 15 is 0 Å². The third-order valence-corrected chi connectivity index (χ3v) is 3.53. The van der Waals surface area contributed by atoms with Crippen LogP contribution in [0.3, 0.4) is 0 Å². The van der Waals surface area contributed by atoms with Gasteiger partial charge in [0.25, 0.3) is 0 Å². The number of ether oxygens (including phenoxy) is 1. The number of para-hydroxylation sites is 2. The Morgan fingerprint density at radius 3 is 2.89 bits per heavy atom. The summed E-state index contributed by atoms with van der Waals surface area (Å²) >= 11 is 5.93. The summed E-state index contributed by atoms with van der Waals surface area (Å²) in [5, 5.41) is 0.670. The Labute approximate surface area is 117 Å². The molecule has 3 rings (SSSR count). The van der Waals surface area contributed by atoms with Crippen LogP contribution in [-0.2, 0) is 6.54 Å². The van der Waals surface area contributed by atoms with E-state index in [-0.39, 0.29) is 0 Å². The first-order valence-electron chi connectivity index (χ1n) is 6.25. The fourth-order valence-electron chi connectivity index (χ4n) is 2.31. The number of anilines is 2. The van der Waals surface area contributed by atoms with E-state index in [1.54, 1.807) is 6.07 Å². The molecule has 3 nitrogen and oxygen atoms in total. The fourth-order valence-corrected chi connectivity index (χ4v) is 2.49. The number of nitrogen functional groups attached to an aromatic ring is 1. The first-order chi connectivity index (χ1) is 9.24. The van der Waals surface area contributed by atoms with Gasteiger partial charge >= 0.3 is 0 Å². The minimum atomic E-state index is 0.670. The number of halogens is 1. The van der Waals surface area contributed by atoms with Crippen LogP contribution in [0.15, 0.2) is 42.5 Å². The van der Waals surface area contributed by atoms with Gasteiger partial charge in [0.05, 0.1) is 12.2 Å². The van der Waals surface area contributed by atoms with Gasteiger partial charge in [-0.15, -0.1) is 0 Å². The van der Waals surface area contributed by atoms with Crippen LogP contribution in [0.4, 0.5) is 11.4 Å². The Balaban J connectivity index is 1.88. The van der Waals surface area contributed by atoms with Crippen LogP contribution in [-0.4, -0.2) is 13.2 Å². The third-order valence-electron chi connectivity index (χ3n) is 3.29. The summed E-state index contributed by atoms with van der Waals surface area (Å²) < 4.78 is 5.65. The lowest BCUT2D eigenvalue weighted by Crippen LogP contribution is -2.32. The summed E-state index contributed by atoms with van der Waals surface area (Å²) in [4.78, 5) is 2.28. The Morgan fingerprint density at radius 1 is 1.21 bits per heavy atom. The molecule has 1 aliphatic rings.